The highest BCUT2D eigenvalue weighted by atomic mass is 32.2. The minimum atomic E-state index is -4.41. The van der Waals surface area contributed by atoms with E-state index >= 15 is 0 Å². The van der Waals surface area contributed by atoms with Gasteiger partial charge in [0.15, 0.2) is 0 Å². The summed E-state index contributed by atoms with van der Waals surface area (Å²) in [6.07, 6.45) is -0.154. The molecule has 164 valence electrons. The largest absolute Gasteiger partial charge is 0.464 e. The van der Waals surface area contributed by atoms with Crippen molar-refractivity contribution in [3.8, 4) is 11.1 Å². The number of benzene rings is 1. The lowest BCUT2D eigenvalue weighted by Crippen LogP contribution is -2.53. The summed E-state index contributed by atoms with van der Waals surface area (Å²) in [5.74, 6) is -0.674. The van der Waals surface area contributed by atoms with E-state index in [4.69, 9.17) is 0 Å². The molecule has 31 heavy (non-hydrogen) atoms. The molecule has 0 saturated carbocycles. The molecular formula is C20H21FN4O5S. The van der Waals surface area contributed by atoms with Crippen LogP contribution in [0.2, 0.25) is 0 Å². The number of H-pyrrole nitrogens is 1. The molecule has 0 aliphatic carbocycles. The van der Waals surface area contributed by atoms with Gasteiger partial charge in [0.2, 0.25) is 5.56 Å². The molecule has 0 radical (unpaired) electrons. The fraction of sp³-hybridized carbons (Fsp3) is 0.250. The van der Waals surface area contributed by atoms with E-state index in [-0.39, 0.29) is 15.4 Å². The van der Waals surface area contributed by atoms with E-state index in [9.17, 15) is 27.5 Å². The fourth-order valence-electron chi connectivity index (χ4n) is 3.15. The highest BCUT2D eigenvalue weighted by molar-refractivity contribution is 7.87. The molecule has 2 aromatic heterocycles. The van der Waals surface area contributed by atoms with E-state index in [0.29, 0.717) is 22.2 Å². The molecule has 3 aromatic rings. The summed E-state index contributed by atoms with van der Waals surface area (Å²) in [6, 6.07) is 8.85. The van der Waals surface area contributed by atoms with Crippen molar-refractivity contribution in [2.45, 2.75) is 32.9 Å². The Morgan fingerprint density at radius 1 is 1.23 bits per heavy atom. The van der Waals surface area contributed by atoms with Crippen LogP contribution >= 0.6 is 0 Å². The van der Waals surface area contributed by atoms with Gasteiger partial charge in [-0.15, -0.1) is 0 Å². The molecule has 0 unspecified atom stereocenters. The van der Waals surface area contributed by atoms with Crippen molar-refractivity contribution in [3.63, 3.8) is 0 Å². The average molecular weight is 448 g/mol. The van der Waals surface area contributed by atoms with Crippen LogP contribution in [0.3, 0.4) is 0 Å². The van der Waals surface area contributed by atoms with Gasteiger partial charge in [-0.25, -0.2) is 14.2 Å². The summed E-state index contributed by atoms with van der Waals surface area (Å²) in [7, 11) is -4.41. The zero-order valence-corrected chi connectivity index (χ0v) is 17.8. The third-order valence-electron chi connectivity index (χ3n) is 4.47. The number of hydrogen-bond acceptors (Lipinski definition) is 5. The van der Waals surface area contributed by atoms with Gasteiger partial charge < -0.3 is 10.1 Å². The summed E-state index contributed by atoms with van der Waals surface area (Å²) in [5.41, 5.74) is 0.0133. The van der Waals surface area contributed by atoms with Gasteiger partial charge in [0.05, 0.1) is 5.54 Å². The van der Waals surface area contributed by atoms with Crippen LogP contribution in [0.25, 0.3) is 22.2 Å². The predicted octanol–water partition coefficient (Wildman–Crippen LogP) is 2.84. The van der Waals surface area contributed by atoms with Crippen LogP contribution in [0.1, 0.15) is 26.3 Å². The zero-order chi connectivity index (χ0) is 23.0. The highest BCUT2D eigenvalue weighted by Gasteiger charge is 2.37. The van der Waals surface area contributed by atoms with E-state index in [1.54, 1.807) is 18.2 Å². The number of pyridine rings is 2. The van der Waals surface area contributed by atoms with E-state index in [1.165, 1.54) is 45.2 Å². The number of nitrogens with one attached hydrogen (secondary N) is 2. The lowest BCUT2D eigenvalue weighted by Gasteiger charge is -2.31. The first-order valence-electron chi connectivity index (χ1n) is 9.20. The number of carboxylic acid groups (broad SMARTS) is 1. The fourth-order valence-corrected chi connectivity index (χ4v) is 4.55. The highest BCUT2D eigenvalue weighted by Crippen LogP contribution is 2.27. The Morgan fingerprint density at radius 2 is 1.94 bits per heavy atom. The van der Waals surface area contributed by atoms with Crippen molar-refractivity contribution >= 4 is 27.3 Å². The Hall–Kier alpha value is -3.31. The molecule has 0 spiro atoms. The molecular weight excluding hydrogens is 427 g/mol. The predicted molar refractivity (Wildman–Crippen MR) is 113 cm³/mol. The van der Waals surface area contributed by atoms with Crippen LogP contribution in [0.4, 0.5) is 9.18 Å². The minimum Gasteiger partial charge on any atom is -0.464 e. The lowest BCUT2D eigenvalue weighted by atomic mass is 10.0. The smallest absolute Gasteiger partial charge is 0.422 e. The second kappa shape index (κ2) is 8.08. The van der Waals surface area contributed by atoms with Crippen LogP contribution in [0.5, 0.6) is 0 Å². The standard InChI is InChI=1S/C20H21FN4O5S/c1-20(2,3)25(19(27)28)31(29,30)23-11-13-5-4-12(10-16(13)21)14-8-9-22-18-15(14)6-7-17(26)24-18/h4-10,23H,11H2,1-3H3,(H,27,28)(H,22,24,26). The van der Waals surface area contributed by atoms with Gasteiger partial charge in [-0.05, 0) is 50.1 Å². The summed E-state index contributed by atoms with van der Waals surface area (Å²) in [5, 5.41) is 9.89. The normalized spacial score (nSPS) is 12.1. The van der Waals surface area contributed by atoms with E-state index in [0.717, 1.165) is 0 Å². The van der Waals surface area contributed by atoms with Gasteiger partial charge >= 0.3 is 16.3 Å². The van der Waals surface area contributed by atoms with Gasteiger partial charge in [0, 0.05) is 29.8 Å². The number of hydrogen-bond donors (Lipinski definition) is 3. The number of rotatable bonds is 5. The molecule has 0 aliphatic heterocycles. The van der Waals surface area contributed by atoms with Gasteiger partial charge in [-0.1, -0.05) is 12.1 Å². The van der Waals surface area contributed by atoms with E-state index in [1.807, 2.05) is 0 Å². The van der Waals surface area contributed by atoms with Crippen molar-refractivity contribution in [2.75, 3.05) is 0 Å². The second-order valence-electron chi connectivity index (χ2n) is 7.79. The monoisotopic (exact) mass is 448 g/mol. The number of fused-ring (bicyclic) bond motifs is 1. The molecule has 3 rings (SSSR count). The van der Waals surface area contributed by atoms with E-state index < -0.39 is 34.2 Å². The van der Waals surface area contributed by atoms with Crippen LogP contribution < -0.4 is 10.3 Å². The van der Waals surface area contributed by atoms with Crippen molar-refractivity contribution in [3.05, 3.63) is 64.3 Å². The molecule has 0 saturated heterocycles. The molecule has 1 aromatic carbocycles. The summed E-state index contributed by atoms with van der Waals surface area (Å²) >= 11 is 0. The molecule has 11 heteroatoms. The Kier molecular flexibility index (Phi) is 5.83. The average Bonchev–Trinajstić information content (AvgIpc) is 2.64. The molecule has 0 fully saturated rings. The van der Waals surface area contributed by atoms with E-state index in [2.05, 4.69) is 14.7 Å². The molecule has 0 atom stereocenters. The third kappa shape index (κ3) is 4.72. The van der Waals surface area contributed by atoms with Gasteiger partial charge in [0.1, 0.15) is 11.5 Å². The van der Waals surface area contributed by atoms with Crippen molar-refractivity contribution in [2.24, 2.45) is 0 Å². The Balaban J connectivity index is 1.89. The van der Waals surface area contributed by atoms with Crippen molar-refractivity contribution in [1.29, 1.82) is 0 Å². The van der Waals surface area contributed by atoms with Crippen LogP contribution in [0, 0.1) is 5.82 Å². The summed E-state index contributed by atoms with van der Waals surface area (Å²) in [6.45, 7) is 3.87. The summed E-state index contributed by atoms with van der Waals surface area (Å²) in [4.78, 5) is 29.6. The van der Waals surface area contributed by atoms with Crippen molar-refractivity contribution in [1.82, 2.24) is 19.0 Å². The second-order valence-corrected chi connectivity index (χ2v) is 9.40. The molecule has 1 amide bonds. The molecule has 0 bridgehead atoms. The maximum Gasteiger partial charge on any atom is 0.422 e. The maximum atomic E-state index is 14.7. The topological polar surface area (TPSA) is 132 Å². The number of aromatic amines is 1. The molecule has 9 nitrogen and oxygen atoms in total. The number of nitrogens with zero attached hydrogens (tertiary/aromatic N) is 2. The maximum absolute atomic E-state index is 14.7. The van der Waals surface area contributed by atoms with Gasteiger partial charge in [-0.3, -0.25) is 4.79 Å². The van der Waals surface area contributed by atoms with Crippen LogP contribution in [-0.4, -0.2) is 39.4 Å². The van der Waals surface area contributed by atoms with Gasteiger partial charge in [-0.2, -0.15) is 17.4 Å². The van der Waals surface area contributed by atoms with Crippen LogP contribution in [0.15, 0.2) is 47.4 Å². The Labute approximate surface area is 177 Å². The van der Waals surface area contributed by atoms with Gasteiger partial charge in [0.25, 0.3) is 0 Å². The Morgan fingerprint density at radius 3 is 2.55 bits per heavy atom. The van der Waals surface area contributed by atoms with Crippen molar-refractivity contribution < 1.29 is 22.7 Å². The molecule has 0 aliphatic rings. The molecule has 3 N–H and O–H groups in total. The van der Waals surface area contributed by atoms with Crippen LogP contribution in [-0.2, 0) is 16.8 Å². The quantitative estimate of drug-likeness (QED) is 0.550. The SMILES string of the molecule is CC(C)(C)N(C(=O)O)S(=O)(=O)NCc1ccc(-c2ccnc3[nH]c(=O)ccc23)cc1F. The lowest BCUT2D eigenvalue weighted by molar-refractivity contribution is 0.145. The first-order valence-corrected chi connectivity index (χ1v) is 10.6. The summed E-state index contributed by atoms with van der Waals surface area (Å²) < 4.78 is 42.0. The Bertz CT molecular complexity index is 1320. The number of aromatic nitrogens is 2. The first-order chi connectivity index (χ1) is 14.4. The number of amides is 1. The third-order valence-corrected chi connectivity index (χ3v) is 6.16. The number of halogens is 1. The minimum absolute atomic E-state index is 0.0401. The zero-order valence-electron chi connectivity index (χ0n) is 17.0. The molecule has 2 heterocycles. The number of carbonyl (C=O) groups is 1. The first kappa shape index (κ1) is 22.4.